The van der Waals surface area contributed by atoms with Crippen LogP contribution in [0.1, 0.15) is 31.4 Å². The summed E-state index contributed by atoms with van der Waals surface area (Å²) in [6, 6.07) is 2.06. The SMILES string of the molecule is CC1CN(C(=O)C2(N)CCOCC2)CC(c2ccsc2)O1.Cl. The molecule has 2 atom stereocenters. The fourth-order valence-corrected chi connectivity index (χ4v) is 3.73. The van der Waals surface area contributed by atoms with Crippen LogP contribution in [0.15, 0.2) is 16.8 Å². The van der Waals surface area contributed by atoms with Crippen molar-refractivity contribution in [3.63, 3.8) is 0 Å². The average molecular weight is 347 g/mol. The molecule has 2 saturated heterocycles. The summed E-state index contributed by atoms with van der Waals surface area (Å²) in [5.74, 6) is 0.0428. The molecule has 22 heavy (non-hydrogen) atoms. The Kier molecular flexibility index (Phi) is 5.85. The van der Waals surface area contributed by atoms with E-state index in [1.165, 1.54) is 0 Å². The van der Waals surface area contributed by atoms with Crippen LogP contribution in [-0.4, -0.2) is 48.8 Å². The largest absolute Gasteiger partial charge is 0.381 e. The molecule has 0 aliphatic carbocycles. The minimum Gasteiger partial charge on any atom is -0.381 e. The van der Waals surface area contributed by atoms with Crippen LogP contribution in [0.25, 0.3) is 0 Å². The monoisotopic (exact) mass is 346 g/mol. The first-order valence-electron chi connectivity index (χ1n) is 7.42. The van der Waals surface area contributed by atoms with Gasteiger partial charge in [-0.1, -0.05) is 0 Å². The second-order valence-electron chi connectivity index (χ2n) is 5.97. The zero-order valence-corrected chi connectivity index (χ0v) is 14.3. The van der Waals surface area contributed by atoms with E-state index < -0.39 is 5.54 Å². The second-order valence-corrected chi connectivity index (χ2v) is 6.75. The Morgan fingerprint density at radius 1 is 1.41 bits per heavy atom. The lowest BCUT2D eigenvalue weighted by atomic mass is 9.89. The molecule has 2 unspecified atom stereocenters. The Hall–Kier alpha value is -0.660. The fraction of sp³-hybridized carbons (Fsp3) is 0.667. The maximum atomic E-state index is 12.8. The number of amides is 1. The first kappa shape index (κ1) is 17.7. The summed E-state index contributed by atoms with van der Waals surface area (Å²) >= 11 is 1.65. The van der Waals surface area contributed by atoms with Gasteiger partial charge < -0.3 is 20.1 Å². The molecule has 2 fully saturated rings. The number of thiophene rings is 1. The number of nitrogens with two attached hydrogens (primary N) is 1. The van der Waals surface area contributed by atoms with E-state index in [1.54, 1.807) is 11.3 Å². The quantitative estimate of drug-likeness (QED) is 0.889. The third kappa shape index (κ3) is 3.63. The second kappa shape index (κ2) is 7.27. The van der Waals surface area contributed by atoms with E-state index in [2.05, 4.69) is 11.4 Å². The highest BCUT2D eigenvalue weighted by atomic mass is 35.5. The summed E-state index contributed by atoms with van der Waals surface area (Å²) in [6.07, 6.45) is 1.17. The zero-order chi connectivity index (χ0) is 14.9. The van der Waals surface area contributed by atoms with E-state index >= 15 is 0 Å². The van der Waals surface area contributed by atoms with Gasteiger partial charge in [0.25, 0.3) is 0 Å². The molecule has 2 aliphatic rings. The standard InChI is InChI=1S/C15H22N2O3S.ClH/c1-11-8-17(9-13(20-11)12-2-7-21-10-12)14(18)15(16)3-5-19-6-4-15;/h2,7,10-11,13H,3-6,8-9,16H2,1H3;1H. The number of hydrogen-bond acceptors (Lipinski definition) is 5. The molecule has 0 bridgehead atoms. The van der Waals surface area contributed by atoms with Crippen LogP contribution in [0.2, 0.25) is 0 Å². The molecule has 2 N–H and O–H groups in total. The van der Waals surface area contributed by atoms with Gasteiger partial charge in [0.15, 0.2) is 0 Å². The lowest BCUT2D eigenvalue weighted by molar-refractivity contribution is -0.153. The molecule has 5 nitrogen and oxygen atoms in total. The number of morpholine rings is 1. The summed E-state index contributed by atoms with van der Waals surface area (Å²) < 4.78 is 11.3. The molecule has 1 aromatic rings. The molecule has 0 saturated carbocycles. The van der Waals surface area contributed by atoms with Gasteiger partial charge in [0.1, 0.15) is 6.10 Å². The topological polar surface area (TPSA) is 64.8 Å². The molecule has 3 rings (SSSR count). The van der Waals surface area contributed by atoms with Crippen LogP contribution in [0.3, 0.4) is 0 Å². The van der Waals surface area contributed by atoms with Crippen molar-refractivity contribution in [2.45, 2.75) is 37.5 Å². The van der Waals surface area contributed by atoms with Crippen molar-refractivity contribution < 1.29 is 14.3 Å². The molecule has 0 aromatic carbocycles. The molecule has 2 aliphatic heterocycles. The number of ether oxygens (including phenoxy) is 2. The summed E-state index contributed by atoms with van der Waals surface area (Å²) in [6.45, 7) is 4.33. The lowest BCUT2D eigenvalue weighted by Crippen LogP contribution is -2.60. The molecule has 1 amide bonds. The lowest BCUT2D eigenvalue weighted by Gasteiger charge is -2.42. The van der Waals surface area contributed by atoms with Crippen molar-refractivity contribution in [1.82, 2.24) is 4.90 Å². The summed E-state index contributed by atoms with van der Waals surface area (Å²) in [4.78, 5) is 14.7. The number of carbonyl (C=O) groups is 1. The number of halogens is 1. The average Bonchev–Trinajstić information content (AvgIpc) is 3.01. The molecule has 3 heterocycles. The Morgan fingerprint density at radius 2 is 2.14 bits per heavy atom. The highest BCUT2D eigenvalue weighted by molar-refractivity contribution is 7.07. The molecular weight excluding hydrogens is 324 g/mol. The fourth-order valence-electron chi connectivity index (χ4n) is 3.02. The minimum atomic E-state index is -0.769. The van der Waals surface area contributed by atoms with Gasteiger partial charge in [-0.15, -0.1) is 12.4 Å². The van der Waals surface area contributed by atoms with Gasteiger partial charge in [-0.25, -0.2) is 0 Å². The van der Waals surface area contributed by atoms with Crippen LogP contribution in [0.5, 0.6) is 0 Å². The number of rotatable bonds is 2. The number of carbonyl (C=O) groups excluding carboxylic acids is 1. The summed E-state index contributed by atoms with van der Waals surface area (Å²) in [5.41, 5.74) is 6.70. The molecule has 0 spiro atoms. The van der Waals surface area contributed by atoms with E-state index in [9.17, 15) is 4.79 Å². The van der Waals surface area contributed by atoms with Crippen LogP contribution in [0, 0.1) is 0 Å². The van der Waals surface area contributed by atoms with Gasteiger partial charge in [0, 0.05) is 19.8 Å². The number of nitrogens with zero attached hydrogens (tertiary/aromatic N) is 1. The smallest absolute Gasteiger partial charge is 0.243 e. The van der Waals surface area contributed by atoms with E-state index in [1.807, 2.05) is 17.2 Å². The Labute approximate surface area is 141 Å². The van der Waals surface area contributed by atoms with Crippen molar-refractivity contribution in [2.24, 2.45) is 5.73 Å². The van der Waals surface area contributed by atoms with Crippen molar-refractivity contribution in [3.8, 4) is 0 Å². The van der Waals surface area contributed by atoms with Crippen molar-refractivity contribution >= 4 is 29.7 Å². The first-order valence-corrected chi connectivity index (χ1v) is 8.36. The minimum absolute atomic E-state index is 0. The summed E-state index contributed by atoms with van der Waals surface area (Å²) in [7, 11) is 0. The third-order valence-electron chi connectivity index (χ3n) is 4.27. The van der Waals surface area contributed by atoms with E-state index in [0.717, 1.165) is 5.56 Å². The molecule has 1 aromatic heterocycles. The highest BCUT2D eigenvalue weighted by Crippen LogP contribution is 2.29. The highest BCUT2D eigenvalue weighted by Gasteiger charge is 2.41. The van der Waals surface area contributed by atoms with Crippen LogP contribution in [0.4, 0.5) is 0 Å². The van der Waals surface area contributed by atoms with Crippen molar-refractivity contribution in [1.29, 1.82) is 0 Å². The van der Waals surface area contributed by atoms with Gasteiger partial charge in [0.05, 0.1) is 18.2 Å². The van der Waals surface area contributed by atoms with Crippen molar-refractivity contribution in [2.75, 3.05) is 26.3 Å². The molecule has 0 radical (unpaired) electrons. The normalized spacial score (nSPS) is 28.0. The van der Waals surface area contributed by atoms with E-state index in [0.29, 0.717) is 39.1 Å². The Morgan fingerprint density at radius 3 is 2.77 bits per heavy atom. The maximum absolute atomic E-state index is 12.8. The Balaban J connectivity index is 0.00000176. The van der Waals surface area contributed by atoms with E-state index in [-0.39, 0.29) is 30.5 Å². The predicted octanol–water partition coefficient (Wildman–Crippen LogP) is 1.97. The zero-order valence-electron chi connectivity index (χ0n) is 12.7. The Bertz CT molecular complexity index is 491. The maximum Gasteiger partial charge on any atom is 0.243 e. The number of hydrogen-bond donors (Lipinski definition) is 1. The van der Waals surface area contributed by atoms with Gasteiger partial charge in [-0.05, 0) is 42.2 Å². The van der Waals surface area contributed by atoms with Crippen LogP contribution >= 0.6 is 23.7 Å². The molecule has 7 heteroatoms. The van der Waals surface area contributed by atoms with Crippen LogP contribution in [-0.2, 0) is 14.3 Å². The van der Waals surface area contributed by atoms with E-state index in [4.69, 9.17) is 15.2 Å². The predicted molar refractivity (Wildman–Crippen MR) is 88.4 cm³/mol. The molecular formula is C15H23ClN2O3S. The summed E-state index contributed by atoms with van der Waals surface area (Å²) in [5, 5.41) is 4.12. The van der Waals surface area contributed by atoms with Crippen molar-refractivity contribution in [3.05, 3.63) is 22.4 Å². The van der Waals surface area contributed by atoms with Gasteiger partial charge >= 0.3 is 0 Å². The first-order chi connectivity index (χ1) is 10.1. The third-order valence-corrected chi connectivity index (χ3v) is 4.97. The van der Waals surface area contributed by atoms with Gasteiger partial charge in [-0.2, -0.15) is 11.3 Å². The molecule has 124 valence electrons. The van der Waals surface area contributed by atoms with Gasteiger partial charge in [0.2, 0.25) is 5.91 Å². The van der Waals surface area contributed by atoms with Crippen LogP contribution < -0.4 is 5.73 Å². The van der Waals surface area contributed by atoms with Gasteiger partial charge in [-0.3, -0.25) is 4.79 Å².